The number of hydrogen-bond donors (Lipinski definition) is 6. The summed E-state index contributed by atoms with van der Waals surface area (Å²) in [5.41, 5.74) is 0. The Labute approximate surface area is 312 Å². The molecule has 1 saturated carbocycles. The number of ether oxygens (including phenoxy) is 2. The third-order valence-electron chi connectivity index (χ3n) is 9.36. The maximum Gasteiger partial charge on any atom is 0.472 e. The highest BCUT2D eigenvalue weighted by Crippen LogP contribution is 2.47. The molecule has 0 heterocycles. The second-order valence-corrected chi connectivity index (χ2v) is 15.5. The minimum atomic E-state index is -5.10. The van der Waals surface area contributed by atoms with Crippen molar-refractivity contribution in [3.63, 3.8) is 0 Å². The molecule has 0 saturated heterocycles. The predicted molar refractivity (Wildman–Crippen MR) is 198 cm³/mol. The Morgan fingerprint density at radius 2 is 1.00 bits per heavy atom. The lowest BCUT2D eigenvalue weighted by atomic mass is 9.85. The van der Waals surface area contributed by atoms with Crippen molar-refractivity contribution < 1.29 is 63.1 Å². The van der Waals surface area contributed by atoms with Crippen LogP contribution in [0.25, 0.3) is 0 Å². The third-order valence-corrected chi connectivity index (χ3v) is 10.3. The van der Waals surface area contributed by atoms with Gasteiger partial charge in [0.1, 0.15) is 43.2 Å². The van der Waals surface area contributed by atoms with E-state index in [1.807, 2.05) is 0 Å². The normalized spacial score (nSPS) is 23.8. The molecular weight excluding hydrogens is 695 g/mol. The second-order valence-electron chi connectivity index (χ2n) is 14.1. The van der Waals surface area contributed by atoms with Crippen LogP contribution in [0.1, 0.15) is 162 Å². The van der Waals surface area contributed by atoms with Gasteiger partial charge in [-0.3, -0.25) is 18.6 Å². The summed E-state index contributed by atoms with van der Waals surface area (Å²) in [4.78, 5) is 35.4. The van der Waals surface area contributed by atoms with E-state index in [-0.39, 0.29) is 12.8 Å². The molecule has 6 atom stereocenters. The summed E-state index contributed by atoms with van der Waals surface area (Å²) in [6.07, 6.45) is 14.3. The maximum atomic E-state index is 12.7. The highest BCUT2D eigenvalue weighted by Gasteiger charge is 2.51. The molecule has 1 aliphatic rings. The van der Waals surface area contributed by atoms with Gasteiger partial charge in [0.05, 0.1) is 6.61 Å². The Kier molecular flexibility index (Phi) is 27.9. The first-order valence-electron chi connectivity index (χ1n) is 20.0. The Hall–Kier alpha value is -1.41. The van der Waals surface area contributed by atoms with Crippen LogP contribution >= 0.6 is 7.82 Å². The molecule has 0 aromatic heterocycles. The van der Waals surface area contributed by atoms with Gasteiger partial charge in [-0.25, -0.2) is 4.57 Å². The van der Waals surface area contributed by atoms with Crippen molar-refractivity contribution >= 4 is 19.8 Å². The summed E-state index contributed by atoms with van der Waals surface area (Å²) in [5.74, 6) is -1.11. The van der Waals surface area contributed by atoms with Crippen LogP contribution in [-0.2, 0) is 32.7 Å². The number of rotatable bonds is 32. The van der Waals surface area contributed by atoms with Gasteiger partial charge in [-0.15, -0.1) is 0 Å². The largest absolute Gasteiger partial charge is 0.472 e. The SMILES string of the molecule is CCCC/C=C\CCCCCCCC(=O)OC(COC(=O)CCCCCCCCCCCCCC)COP(=O)(O)OC1C(O)C(O)C(O)C(O)C1O. The Morgan fingerprint density at radius 1 is 0.577 bits per heavy atom. The van der Waals surface area contributed by atoms with Gasteiger partial charge in [0.15, 0.2) is 6.10 Å². The molecule has 14 heteroatoms. The fourth-order valence-electron chi connectivity index (χ4n) is 6.03. The average Bonchev–Trinajstić information content (AvgIpc) is 3.12. The fraction of sp³-hybridized carbons (Fsp3) is 0.895. The Morgan fingerprint density at radius 3 is 1.52 bits per heavy atom. The molecule has 0 aliphatic heterocycles. The highest BCUT2D eigenvalue weighted by atomic mass is 31.2. The predicted octanol–water partition coefficient (Wildman–Crippen LogP) is 6.33. The number of carbonyl (C=O) groups is 2. The van der Waals surface area contributed by atoms with E-state index in [4.69, 9.17) is 18.5 Å². The van der Waals surface area contributed by atoms with E-state index in [9.17, 15) is 44.6 Å². The number of carbonyl (C=O) groups excluding carboxylic acids is 2. The van der Waals surface area contributed by atoms with Crippen molar-refractivity contribution in [2.24, 2.45) is 0 Å². The molecule has 306 valence electrons. The van der Waals surface area contributed by atoms with Crippen LogP contribution in [-0.4, -0.2) is 98.3 Å². The average molecular weight is 767 g/mol. The smallest absolute Gasteiger partial charge is 0.462 e. The fourth-order valence-corrected chi connectivity index (χ4v) is 7.00. The number of allylic oxidation sites excluding steroid dienone is 2. The van der Waals surface area contributed by atoms with E-state index in [0.29, 0.717) is 12.8 Å². The van der Waals surface area contributed by atoms with Gasteiger partial charge in [-0.2, -0.15) is 0 Å². The van der Waals surface area contributed by atoms with E-state index in [2.05, 4.69) is 26.0 Å². The third kappa shape index (κ3) is 22.7. The molecular formula is C38H71O13P. The van der Waals surface area contributed by atoms with Crippen LogP contribution in [0.15, 0.2) is 12.2 Å². The van der Waals surface area contributed by atoms with Gasteiger partial charge in [0, 0.05) is 12.8 Å². The van der Waals surface area contributed by atoms with Crippen molar-refractivity contribution in [1.29, 1.82) is 0 Å². The summed E-state index contributed by atoms with van der Waals surface area (Å²) in [5, 5.41) is 49.9. The van der Waals surface area contributed by atoms with Crippen LogP contribution in [0.3, 0.4) is 0 Å². The second kappa shape index (κ2) is 29.9. The highest BCUT2D eigenvalue weighted by molar-refractivity contribution is 7.47. The van der Waals surface area contributed by atoms with Crippen LogP contribution in [0.4, 0.5) is 0 Å². The zero-order valence-corrected chi connectivity index (χ0v) is 32.8. The van der Waals surface area contributed by atoms with Crippen molar-refractivity contribution in [2.75, 3.05) is 13.2 Å². The Bertz CT molecular complexity index is 980. The van der Waals surface area contributed by atoms with Crippen molar-refractivity contribution in [3.05, 3.63) is 12.2 Å². The topological polar surface area (TPSA) is 210 Å². The van der Waals surface area contributed by atoms with Gasteiger partial charge < -0.3 is 39.9 Å². The molecule has 6 N–H and O–H groups in total. The summed E-state index contributed by atoms with van der Waals surface area (Å²) in [6, 6.07) is 0. The van der Waals surface area contributed by atoms with E-state index in [1.165, 1.54) is 64.2 Å². The van der Waals surface area contributed by atoms with E-state index < -0.39 is 75.7 Å². The molecule has 0 aromatic rings. The molecule has 0 aromatic carbocycles. The molecule has 6 unspecified atom stereocenters. The van der Waals surface area contributed by atoms with Crippen LogP contribution in [0.2, 0.25) is 0 Å². The molecule has 52 heavy (non-hydrogen) atoms. The molecule has 13 nitrogen and oxygen atoms in total. The van der Waals surface area contributed by atoms with Crippen LogP contribution in [0.5, 0.6) is 0 Å². The van der Waals surface area contributed by atoms with E-state index in [0.717, 1.165) is 57.8 Å². The van der Waals surface area contributed by atoms with Crippen LogP contribution in [0, 0.1) is 0 Å². The lowest BCUT2D eigenvalue weighted by molar-refractivity contribution is -0.220. The summed E-state index contributed by atoms with van der Waals surface area (Å²) >= 11 is 0. The lowest BCUT2D eigenvalue weighted by Gasteiger charge is -2.41. The first kappa shape index (κ1) is 48.6. The zero-order valence-electron chi connectivity index (χ0n) is 31.9. The summed E-state index contributed by atoms with van der Waals surface area (Å²) < 4.78 is 33.3. The lowest BCUT2D eigenvalue weighted by Crippen LogP contribution is -2.64. The first-order chi connectivity index (χ1) is 24.9. The molecule has 0 spiro atoms. The number of hydrogen-bond acceptors (Lipinski definition) is 12. The minimum absolute atomic E-state index is 0.0894. The van der Waals surface area contributed by atoms with Gasteiger partial charge >= 0.3 is 19.8 Å². The minimum Gasteiger partial charge on any atom is -0.462 e. The molecule has 0 amide bonds. The van der Waals surface area contributed by atoms with E-state index in [1.54, 1.807) is 0 Å². The standard InChI is InChI=1S/C38H71O13P/c1-3-5-7-9-11-13-15-17-18-20-22-24-26-31(39)48-28-30(50-32(40)27-25-23-21-19-16-14-12-10-8-6-4-2)29-49-52(46,47)51-38-36(44)34(42)33(41)35(43)37(38)45/h10,12,30,33-38,41-45H,3-9,11,13-29H2,1-2H3,(H,46,47)/b12-10-. The van der Waals surface area contributed by atoms with Crippen molar-refractivity contribution in [3.8, 4) is 0 Å². The van der Waals surface area contributed by atoms with Gasteiger partial charge in [-0.1, -0.05) is 129 Å². The number of phosphoric ester groups is 1. The number of unbranched alkanes of at least 4 members (excludes halogenated alkanes) is 18. The van der Waals surface area contributed by atoms with Gasteiger partial charge in [-0.05, 0) is 32.1 Å². The molecule has 1 aliphatic carbocycles. The molecule has 0 bridgehead atoms. The van der Waals surface area contributed by atoms with Gasteiger partial charge in [0.2, 0.25) is 0 Å². The number of esters is 2. The van der Waals surface area contributed by atoms with Crippen molar-refractivity contribution in [1.82, 2.24) is 0 Å². The number of phosphoric acid groups is 1. The number of aliphatic hydroxyl groups is 5. The quantitative estimate of drug-likeness (QED) is 0.0192. The Balaban J connectivity index is 2.54. The first-order valence-corrected chi connectivity index (χ1v) is 21.5. The molecule has 1 rings (SSSR count). The van der Waals surface area contributed by atoms with Crippen molar-refractivity contribution in [2.45, 2.75) is 204 Å². The molecule has 0 radical (unpaired) electrons. The summed E-state index contributed by atoms with van der Waals surface area (Å²) in [7, 11) is -5.10. The zero-order chi connectivity index (χ0) is 38.6. The maximum absolute atomic E-state index is 12.7. The van der Waals surface area contributed by atoms with E-state index >= 15 is 0 Å². The molecule has 1 fully saturated rings. The van der Waals surface area contributed by atoms with Gasteiger partial charge in [0.25, 0.3) is 0 Å². The number of aliphatic hydroxyl groups excluding tert-OH is 5. The van der Waals surface area contributed by atoms with Crippen LogP contribution < -0.4 is 0 Å². The monoisotopic (exact) mass is 766 g/mol. The summed E-state index contributed by atoms with van der Waals surface area (Å²) in [6.45, 7) is 3.22.